The molecule has 0 spiro atoms. The normalized spacial score (nSPS) is 19.1. The number of Topliss-reactive ketones (excluding diaryl/α,β-unsaturated/α-hetero) is 2. The number of halogens is 1. The summed E-state index contributed by atoms with van der Waals surface area (Å²) in [6.07, 6.45) is 9.76. The Labute approximate surface area is 190 Å². The number of benzene rings is 1. The van der Waals surface area contributed by atoms with Crippen molar-refractivity contribution in [3.8, 4) is 23.8 Å². The molecule has 0 atom stereocenters. The van der Waals surface area contributed by atoms with Crippen LogP contribution in [0.4, 0.5) is 0 Å². The molecule has 4 rings (SSSR count). The number of rotatable bonds is 5. The van der Waals surface area contributed by atoms with Gasteiger partial charge in [-0.05, 0) is 72.9 Å². The Morgan fingerprint density at radius 2 is 1.70 bits per heavy atom. The second kappa shape index (κ2) is 8.84. The van der Waals surface area contributed by atoms with E-state index < -0.39 is 0 Å². The number of hydrogen-bond acceptors (Lipinski definition) is 5. The van der Waals surface area contributed by atoms with E-state index in [0.717, 1.165) is 57.4 Å². The molecule has 1 N–H and O–H groups in total. The second-order valence-electron chi connectivity index (χ2n) is 7.65. The number of dihydropyridines is 1. The summed E-state index contributed by atoms with van der Waals surface area (Å²) in [5, 5.41) is 3.45. The highest BCUT2D eigenvalue weighted by Crippen LogP contribution is 2.47. The van der Waals surface area contributed by atoms with Crippen molar-refractivity contribution in [3.63, 3.8) is 0 Å². The van der Waals surface area contributed by atoms with Crippen molar-refractivity contribution in [1.29, 1.82) is 0 Å². The van der Waals surface area contributed by atoms with Gasteiger partial charge in [-0.3, -0.25) is 9.59 Å². The molecule has 0 saturated heterocycles. The number of carbonyl (C=O) groups is 2. The maximum atomic E-state index is 13.0. The predicted octanol–water partition coefficient (Wildman–Crippen LogP) is 4.40. The van der Waals surface area contributed by atoms with Crippen molar-refractivity contribution >= 4 is 34.2 Å². The fourth-order valence-corrected chi connectivity index (χ4v) is 5.37. The Bertz CT molecular complexity index is 973. The van der Waals surface area contributed by atoms with E-state index in [1.54, 1.807) is 0 Å². The zero-order chi connectivity index (χ0) is 21.3. The first kappa shape index (κ1) is 21.0. The van der Waals surface area contributed by atoms with Crippen LogP contribution >= 0.6 is 22.6 Å². The fourth-order valence-electron chi connectivity index (χ4n) is 4.59. The smallest absolute Gasteiger partial charge is 0.175 e. The number of ketones is 2. The molecule has 6 heteroatoms. The number of carbonyl (C=O) groups excluding carboxylic acids is 2. The molecule has 156 valence electrons. The van der Waals surface area contributed by atoms with E-state index in [1.165, 1.54) is 0 Å². The van der Waals surface area contributed by atoms with Gasteiger partial charge in [0.2, 0.25) is 0 Å². The minimum absolute atomic E-state index is 0.124. The molecule has 1 heterocycles. The molecule has 2 aliphatic carbocycles. The lowest BCUT2D eigenvalue weighted by Gasteiger charge is -2.37. The van der Waals surface area contributed by atoms with Gasteiger partial charge in [-0.1, -0.05) is 5.92 Å². The zero-order valence-corrected chi connectivity index (χ0v) is 19.1. The molecular weight excluding hydrogens is 493 g/mol. The van der Waals surface area contributed by atoms with Gasteiger partial charge in [-0.2, -0.15) is 0 Å². The van der Waals surface area contributed by atoms with Crippen LogP contribution in [-0.4, -0.2) is 24.8 Å². The number of ether oxygens (including phenoxy) is 2. The number of hydrogen-bond donors (Lipinski definition) is 1. The van der Waals surface area contributed by atoms with Crippen LogP contribution in [0.1, 0.15) is 56.9 Å². The first-order chi connectivity index (χ1) is 14.5. The lowest BCUT2D eigenvalue weighted by molar-refractivity contribution is -0.116. The van der Waals surface area contributed by atoms with Gasteiger partial charge in [-0.25, -0.2) is 0 Å². The van der Waals surface area contributed by atoms with Crippen molar-refractivity contribution in [2.45, 2.75) is 51.4 Å². The van der Waals surface area contributed by atoms with Crippen LogP contribution in [0.5, 0.6) is 11.5 Å². The van der Waals surface area contributed by atoms with E-state index in [9.17, 15) is 9.59 Å². The first-order valence-electron chi connectivity index (χ1n) is 10.4. The minimum atomic E-state index is -0.355. The molecule has 0 unspecified atom stereocenters. The molecule has 0 saturated carbocycles. The first-order valence-corrected chi connectivity index (χ1v) is 11.4. The van der Waals surface area contributed by atoms with E-state index >= 15 is 0 Å². The molecule has 30 heavy (non-hydrogen) atoms. The number of nitrogens with one attached hydrogen (secondary N) is 1. The lowest BCUT2D eigenvalue weighted by Crippen LogP contribution is -2.36. The molecule has 1 aromatic carbocycles. The van der Waals surface area contributed by atoms with E-state index in [1.807, 2.05) is 19.1 Å². The third kappa shape index (κ3) is 3.76. The van der Waals surface area contributed by atoms with Crippen LogP contribution in [0.15, 0.2) is 34.7 Å². The van der Waals surface area contributed by atoms with Crippen LogP contribution in [0.3, 0.4) is 0 Å². The maximum Gasteiger partial charge on any atom is 0.175 e. The summed E-state index contributed by atoms with van der Waals surface area (Å²) in [4.78, 5) is 26.0. The third-order valence-corrected chi connectivity index (χ3v) is 6.56. The topological polar surface area (TPSA) is 64.6 Å². The van der Waals surface area contributed by atoms with E-state index in [-0.39, 0.29) is 24.1 Å². The van der Waals surface area contributed by atoms with Crippen LogP contribution < -0.4 is 14.8 Å². The van der Waals surface area contributed by atoms with Gasteiger partial charge in [0.1, 0.15) is 6.61 Å². The second-order valence-corrected chi connectivity index (χ2v) is 8.81. The molecule has 0 bridgehead atoms. The summed E-state index contributed by atoms with van der Waals surface area (Å²) in [5.74, 6) is 3.56. The summed E-state index contributed by atoms with van der Waals surface area (Å²) in [5.41, 5.74) is 4.33. The van der Waals surface area contributed by atoms with Crippen LogP contribution in [0.2, 0.25) is 0 Å². The van der Waals surface area contributed by atoms with Gasteiger partial charge < -0.3 is 14.8 Å². The third-order valence-electron chi connectivity index (χ3n) is 5.76. The molecule has 5 nitrogen and oxygen atoms in total. The lowest BCUT2D eigenvalue weighted by atomic mass is 9.71. The monoisotopic (exact) mass is 517 g/mol. The summed E-state index contributed by atoms with van der Waals surface area (Å²) in [6.45, 7) is 2.52. The van der Waals surface area contributed by atoms with Gasteiger partial charge in [-0.15, -0.1) is 6.42 Å². The molecule has 0 aromatic heterocycles. The van der Waals surface area contributed by atoms with Crippen LogP contribution in [0.25, 0.3) is 0 Å². The minimum Gasteiger partial charge on any atom is -0.490 e. The Morgan fingerprint density at radius 3 is 2.27 bits per heavy atom. The van der Waals surface area contributed by atoms with E-state index in [0.29, 0.717) is 30.9 Å². The molecular formula is C24H24INO4. The Kier molecular flexibility index (Phi) is 6.19. The van der Waals surface area contributed by atoms with E-state index in [4.69, 9.17) is 15.9 Å². The highest BCUT2D eigenvalue weighted by atomic mass is 127. The molecule has 0 amide bonds. The number of terminal acetylenes is 1. The predicted molar refractivity (Wildman–Crippen MR) is 122 cm³/mol. The average molecular weight is 517 g/mol. The number of allylic oxidation sites excluding steroid dienone is 4. The Balaban J connectivity index is 1.88. The van der Waals surface area contributed by atoms with Gasteiger partial charge in [0.25, 0.3) is 0 Å². The summed E-state index contributed by atoms with van der Waals surface area (Å²) < 4.78 is 12.4. The largest absolute Gasteiger partial charge is 0.490 e. The quantitative estimate of drug-likeness (QED) is 0.464. The summed E-state index contributed by atoms with van der Waals surface area (Å²) in [6, 6.07) is 3.90. The van der Waals surface area contributed by atoms with Crippen LogP contribution in [0, 0.1) is 15.9 Å². The Hall–Kier alpha value is -2.27. The SMILES string of the molecule is C#CCOc1c(I)cc(C2C3=C(CCCC3=O)NC3=C2C(=O)CCC3)cc1OCC. The van der Waals surface area contributed by atoms with Gasteiger partial charge in [0, 0.05) is 41.3 Å². The Morgan fingerprint density at radius 1 is 1.07 bits per heavy atom. The van der Waals surface area contributed by atoms with Gasteiger partial charge in [0.05, 0.1) is 10.2 Å². The maximum absolute atomic E-state index is 13.0. The summed E-state index contributed by atoms with van der Waals surface area (Å²) >= 11 is 2.20. The average Bonchev–Trinajstić information content (AvgIpc) is 2.72. The van der Waals surface area contributed by atoms with Gasteiger partial charge in [0.15, 0.2) is 23.1 Å². The molecule has 1 aliphatic heterocycles. The van der Waals surface area contributed by atoms with Crippen molar-refractivity contribution in [3.05, 3.63) is 43.8 Å². The van der Waals surface area contributed by atoms with Crippen LogP contribution in [-0.2, 0) is 9.59 Å². The van der Waals surface area contributed by atoms with Crippen molar-refractivity contribution in [2.24, 2.45) is 0 Å². The van der Waals surface area contributed by atoms with Crippen molar-refractivity contribution in [2.75, 3.05) is 13.2 Å². The summed E-state index contributed by atoms with van der Waals surface area (Å²) in [7, 11) is 0. The molecule has 0 radical (unpaired) electrons. The zero-order valence-electron chi connectivity index (χ0n) is 17.0. The van der Waals surface area contributed by atoms with Gasteiger partial charge >= 0.3 is 0 Å². The van der Waals surface area contributed by atoms with E-state index in [2.05, 4.69) is 33.8 Å². The highest BCUT2D eigenvalue weighted by molar-refractivity contribution is 14.1. The standard InChI is InChI=1S/C24H24INO4/c1-3-11-30-24-15(25)12-14(13-20(24)29-4-2)21-22-16(7-5-9-18(22)27)26-17-8-6-10-19(28)23(17)21/h1,12-13,21,26H,4-11H2,2H3. The van der Waals surface area contributed by atoms with Crippen molar-refractivity contribution < 1.29 is 19.1 Å². The van der Waals surface area contributed by atoms with Crippen molar-refractivity contribution in [1.82, 2.24) is 5.32 Å². The highest BCUT2D eigenvalue weighted by Gasteiger charge is 2.40. The fraction of sp³-hybridized carbons (Fsp3) is 0.417. The molecule has 3 aliphatic rings. The molecule has 1 aromatic rings. The molecule has 0 fully saturated rings.